The molecule has 0 radical (unpaired) electrons. The largest absolute Gasteiger partial charge is 0.318 e. The quantitative estimate of drug-likeness (QED) is 0.664. The molecular weight excluding hydrogens is 162 g/mol. The normalized spacial score (nSPS) is 11.4. The van der Waals surface area contributed by atoms with Gasteiger partial charge < -0.3 is 4.57 Å². The van der Waals surface area contributed by atoms with Gasteiger partial charge in [-0.25, -0.2) is 9.97 Å². The maximum absolute atomic E-state index is 4.53. The second-order valence-electron chi connectivity index (χ2n) is 3.59. The molecule has 2 aromatic heterocycles. The molecule has 2 aromatic rings. The lowest BCUT2D eigenvalue weighted by molar-refractivity contribution is 0.820. The van der Waals surface area contributed by atoms with Gasteiger partial charge in [0.25, 0.3) is 0 Å². The van der Waals surface area contributed by atoms with Crippen molar-refractivity contribution in [1.29, 1.82) is 0 Å². The van der Waals surface area contributed by atoms with E-state index in [0.29, 0.717) is 5.92 Å². The van der Waals surface area contributed by atoms with E-state index in [0.717, 1.165) is 16.9 Å². The molecule has 0 aliphatic heterocycles. The molecule has 0 unspecified atom stereocenters. The van der Waals surface area contributed by atoms with Crippen molar-refractivity contribution in [2.24, 2.45) is 7.05 Å². The third-order valence-electron chi connectivity index (χ3n) is 2.17. The van der Waals surface area contributed by atoms with Gasteiger partial charge >= 0.3 is 0 Å². The average Bonchev–Trinajstić information content (AvgIpc) is 2.47. The van der Waals surface area contributed by atoms with Crippen LogP contribution >= 0.6 is 0 Å². The molecule has 0 saturated heterocycles. The van der Waals surface area contributed by atoms with Gasteiger partial charge in [-0.3, -0.25) is 0 Å². The summed E-state index contributed by atoms with van der Waals surface area (Å²) in [5.74, 6) is 0.472. The Morgan fingerprint density at radius 1 is 1.31 bits per heavy atom. The number of imidazole rings is 1. The molecule has 0 N–H and O–H groups in total. The highest BCUT2D eigenvalue weighted by molar-refractivity contribution is 5.70. The minimum Gasteiger partial charge on any atom is -0.318 e. The Morgan fingerprint density at radius 2 is 2.08 bits per heavy atom. The number of nitrogens with zero attached hydrogens (tertiary/aromatic N) is 3. The molecule has 13 heavy (non-hydrogen) atoms. The third kappa shape index (κ3) is 1.30. The van der Waals surface area contributed by atoms with Crippen LogP contribution in [0.1, 0.15) is 25.5 Å². The van der Waals surface area contributed by atoms with Crippen molar-refractivity contribution in [2.45, 2.75) is 19.8 Å². The molecular formula is C10H13N3. The lowest BCUT2D eigenvalue weighted by Gasteiger charge is -2.03. The van der Waals surface area contributed by atoms with Crippen LogP contribution < -0.4 is 0 Å². The third-order valence-corrected chi connectivity index (χ3v) is 2.17. The number of aromatic nitrogens is 3. The first-order valence-corrected chi connectivity index (χ1v) is 4.46. The Kier molecular flexibility index (Phi) is 1.79. The van der Waals surface area contributed by atoms with Crippen molar-refractivity contribution < 1.29 is 0 Å². The molecule has 0 atom stereocenters. The van der Waals surface area contributed by atoms with Crippen molar-refractivity contribution in [3.63, 3.8) is 0 Å². The first-order valence-electron chi connectivity index (χ1n) is 4.46. The highest BCUT2D eigenvalue weighted by Crippen LogP contribution is 2.15. The average molecular weight is 175 g/mol. The summed E-state index contributed by atoms with van der Waals surface area (Å²) in [6.45, 7) is 4.29. The van der Waals surface area contributed by atoms with Gasteiger partial charge in [-0.05, 0) is 18.1 Å². The van der Waals surface area contributed by atoms with E-state index in [1.807, 2.05) is 23.7 Å². The van der Waals surface area contributed by atoms with Gasteiger partial charge in [0, 0.05) is 12.7 Å². The zero-order valence-electron chi connectivity index (χ0n) is 8.15. The summed E-state index contributed by atoms with van der Waals surface area (Å²) in [5, 5.41) is 0. The van der Waals surface area contributed by atoms with Crippen molar-refractivity contribution in [1.82, 2.24) is 14.5 Å². The highest BCUT2D eigenvalue weighted by atomic mass is 15.1. The van der Waals surface area contributed by atoms with E-state index in [-0.39, 0.29) is 0 Å². The topological polar surface area (TPSA) is 30.7 Å². The van der Waals surface area contributed by atoms with Crippen LogP contribution in [0.15, 0.2) is 18.5 Å². The van der Waals surface area contributed by atoms with E-state index < -0.39 is 0 Å². The Hall–Kier alpha value is -1.38. The zero-order valence-corrected chi connectivity index (χ0v) is 8.15. The number of rotatable bonds is 1. The van der Waals surface area contributed by atoms with Crippen LogP contribution in [-0.4, -0.2) is 14.5 Å². The molecule has 2 heterocycles. The van der Waals surface area contributed by atoms with Crippen molar-refractivity contribution in [3.05, 3.63) is 24.2 Å². The van der Waals surface area contributed by atoms with Crippen LogP contribution in [0.4, 0.5) is 0 Å². The minimum absolute atomic E-state index is 0.472. The maximum atomic E-state index is 4.53. The summed E-state index contributed by atoms with van der Waals surface area (Å²) in [6, 6.07) is 4.07. The van der Waals surface area contributed by atoms with E-state index in [9.17, 15) is 0 Å². The second kappa shape index (κ2) is 2.83. The fraction of sp³-hybridized carbons (Fsp3) is 0.400. The lowest BCUT2D eigenvalue weighted by Crippen LogP contribution is -1.95. The van der Waals surface area contributed by atoms with Crippen LogP contribution in [0.5, 0.6) is 0 Å². The molecule has 0 aliphatic carbocycles. The number of hydrogen-bond donors (Lipinski definition) is 0. The van der Waals surface area contributed by atoms with Crippen molar-refractivity contribution in [2.75, 3.05) is 0 Å². The predicted octanol–water partition coefficient (Wildman–Crippen LogP) is 2.09. The summed E-state index contributed by atoms with van der Waals surface area (Å²) in [4.78, 5) is 8.75. The molecule has 0 bridgehead atoms. The fourth-order valence-corrected chi connectivity index (χ4v) is 1.34. The first-order chi connectivity index (χ1) is 6.18. The van der Waals surface area contributed by atoms with E-state index in [4.69, 9.17) is 0 Å². The van der Waals surface area contributed by atoms with Gasteiger partial charge in [-0.15, -0.1) is 0 Å². The SMILES string of the molecule is CC(C)c1ccc2ncn(C)c2n1. The van der Waals surface area contributed by atoms with Gasteiger partial charge in [-0.1, -0.05) is 13.8 Å². The first kappa shape index (κ1) is 8.23. The Labute approximate surface area is 77.4 Å². The number of fused-ring (bicyclic) bond motifs is 1. The van der Waals surface area contributed by atoms with Crippen LogP contribution in [-0.2, 0) is 7.05 Å². The maximum Gasteiger partial charge on any atom is 0.159 e. The monoisotopic (exact) mass is 175 g/mol. The minimum atomic E-state index is 0.472. The van der Waals surface area contributed by atoms with Gasteiger partial charge in [0.05, 0.1) is 6.33 Å². The van der Waals surface area contributed by atoms with Crippen molar-refractivity contribution in [3.8, 4) is 0 Å². The molecule has 2 rings (SSSR count). The zero-order chi connectivity index (χ0) is 9.42. The Morgan fingerprint density at radius 3 is 2.77 bits per heavy atom. The van der Waals surface area contributed by atoms with Crippen LogP contribution in [0, 0.1) is 0 Å². The van der Waals surface area contributed by atoms with Crippen LogP contribution in [0.2, 0.25) is 0 Å². The molecule has 0 spiro atoms. The number of aryl methyl sites for hydroxylation is 1. The van der Waals surface area contributed by atoms with Gasteiger partial charge in [0.15, 0.2) is 5.65 Å². The smallest absolute Gasteiger partial charge is 0.159 e. The summed E-state index contributed by atoms with van der Waals surface area (Å²) in [5.41, 5.74) is 3.05. The van der Waals surface area contributed by atoms with E-state index in [2.05, 4.69) is 23.8 Å². The summed E-state index contributed by atoms with van der Waals surface area (Å²) >= 11 is 0. The number of pyridine rings is 1. The molecule has 68 valence electrons. The van der Waals surface area contributed by atoms with Crippen molar-refractivity contribution >= 4 is 11.2 Å². The standard InChI is InChI=1S/C10H13N3/c1-7(2)8-4-5-9-10(12-8)13(3)6-11-9/h4-7H,1-3H3. The fourth-order valence-electron chi connectivity index (χ4n) is 1.34. The molecule has 0 aromatic carbocycles. The van der Waals surface area contributed by atoms with Gasteiger partial charge in [-0.2, -0.15) is 0 Å². The van der Waals surface area contributed by atoms with E-state index in [1.165, 1.54) is 0 Å². The predicted molar refractivity (Wildman–Crippen MR) is 52.6 cm³/mol. The Bertz CT molecular complexity index is 429. The van der Waals surface area contributed by atoms with Crippen LogP contribution in [0.25, 0.3) is 11.2 Å². The number of hydrogen-bond acceptors (Lipinski definition) is 2. The van der Waals surface area contributed by atoms with E-state index in [1.54, 1.807) is 6.33 Å². The molecule has 0 aliphatic rings. The van der Waals surface area contributed by atoms with Gasteiger partial charge in [0.2, 0.25) is 0 Å². The van der Waals surface area contributed by atoms with Gasteiger partial charge in [0.1, 0.15) is 5.52 Å². The Balaban J connectivity index is 2.66. The highest BCUT2D eigenvalue weighted by Gasteiger charge is 2.04. The molecule has 0 fully saturated rings. The lowest BCUT2D eigenvalue weighted by atomic mass is 10.1. The molecule has 3 heteroatoms. The summed E-state index contributed by atoms with van der Waals surface area (Å²) in [6.07, 6.45) is 1.79. The molecule has 0 amide bonds. The van der Waals surface area contributed by atoms with Crippen LogP contribution in [0.3, 0.4) is 0 Å². The second-order valence-corrected chi connectivity index (χ2v) is 3.59. The van der Waals surface area contributed by atoms with E-state index >= 15 is 0 Å². The summed E-state index contributed by atoms with van der Waals surface area (Å²) < 4.78 is 1.95. The molecule has 3 nitrogen and oxygen atoms in total. The molecule has 0 saturated carbocycles. The summed E-state index contributed by atoms with van der Waals surface area (Å²) in [7, 11) is 1.96.